The van der Waals surface area contributed by atoms with Crippen LogP contribution in [0.3, 0.4) is 0 Å². The Kier molecular flexibility index (Phi) is 8.77. The number of methoxy groups -OCH3 is 1. The Balaban J connectivity index is 1.67. The number of esters is 1. The molecule has 0 unspecified atom stereocenters. The minimum absolute atomic E-state index is 0.0223. The number of nitrogens with one attached hydrogen (secondary N) is 1. The summed E-state index contributed by atoms with van der Waals surface area (Å²) in [5, 5.41) is 10.8. The molecule has 0 saturated carbocycles. The lowest BCUT2D eigenvalue weighted by Gasteiger charge is -2.26. The van der Waals surface area contributed by atoms with Crippen LogP contribution in [0, 0.1) is 6.92 Å². The lowest BCUT2D eigenvalue weighted by molar-refractivity contribution is -0.137. The zero-order valence-corrected chi connectivity index (χ0v) is 23.0. The molecule has 38 heavy (non-hydrogen) atoms. The van der Waals surface area contributed by atoms with Gasteiger partial charge in [-0.3, -0.25) is 19.2 Å². The molecule has 1 N–H and O–H groups in total. The molecule has 0 saturated heterocycles. The van der Waals surface area contributed by atoms with Gasteiger partial charge in [-0.05, 0) is 36.8 Å². The fraction of sp³-hybridized carbons (Fsp3) is 0.154. The van der Waals surface area contributed by atoms with E-state index in [0.717, 1.165) is 34.2 Å². The van der Waals surface area contributed by atoms with E-state index in [2.05, 4.69) is 20.3 Å². The monoisotopic (exact) mass is 568 g/mol. The maximum absolute atomic E-state index is 13.9. The van der Waals surface area contributed by atoms with Crippen LogP contribution in [0.25, 0.3) is 0 Å². The van der Waals surface area contributed by atoms with Crippen LogP contribution >= 0.6 is 23.1 Å². The molecule has 3 aromatic carbocycles. The number of aromatic nitrogens is 2. The van der Waals surface area contributed by atoms with E-state index >= 15 is 0 Å². The van der Waals surface area contributed by atoms with Crippen molar-refractivity contribution >= 4 is 55.8 Å². The van der Waals surface area contributed by atoms with E-state index in [9.17, 15) is 18.0 Å². The van der Waals surface area contributed by atoms with Crippen molar-refractivity contribution in [2.45, 2.75) is 22.7 Å². The fourth-order valence-electron chi connectivity index (χ4n) is 3.43. The third kappa shape index (κ3) is 6.57. The van der Waals surface area contributed by atoms with Gasteiger partial charge in [-0.15, -0.1) is 10.2 Å². The predicted octanol–water partition coefficient (Wildman–Crippen LogP) is 4.76. The van der Waals surface area contributed by atoms with Gasteiger partial charge in [0.05, 0.1) is 35.6 Å². The maximum Gasteiger partial charge on any atom is 0.316 e. The lowest BCUT2D eigenvalue weighted by Crippen LogP contribution is -2.32. The average molecular weight is 569 g/mol. The third-order valence-electron chi connectivity index (χ3n) is 5.36. The second-order valence-electron chi connectivity index (χ2n) is 8.02. The van der Waals surface area contributed by atoms with Crippen LogP contribution in [-0.4, -0.2) is 43.4 Å². The molecule has 0 aliphatic heterocycles. The van der Waals surface area contributed by atoms with E-state index in [1.165, 1.54) is 11.4 Å². The summed E-state index contributed by atoms with van der Waals surface area (Å²) < 4.78 is 34.1. The van der Waals surface area contributed by atoms with Crippen LogP contribution in [0.4, 0.5) is 10.8 Å². The molecule has 0 aliphatic carbocycles. The van der Waals surface area contributed by atoms with Crippen molar-refractivity contribution in [1.82, 2.24) is 10.2 Å². The Morgan fingerprint density at radius 1 is 0.974 bits per heavy atom. The average Bonchev–Trinajstić information content (AvgIpc) is 3.38. The Hall–Kier alpha value is -3.74. The Morgan fingerprint density at radius 2 is 1.66 bits per heavy atom. The van der Waals surface area contributed by atoms with Gasteiger partial charge in [-0.25, -0.2) is 8.42 Å². The van der Waals surface area contributed by atoms with E-state index in [1.54, 1.807) is 48.5 Å². The van der Waals surface area contributed by atoms with Gasteiger partial charge in [0.15, 0.2) is 4.34 Å². The van der Waals surface area contributed by atoms with Crippen molar-refractivity contribution in [3.63, 3.8) is 0 Å². The molecule has 196 valence electrons. The van der Waals surface area contributed by atoms with Crippen molar-refractivity contribution < 1.29 is 22.7 Å². The molecule has 1 aromatic heterocycles. The standard InChI is InChI=1S/C26H24N4O5S3/c1-18-12-14-20(15-13-18)38(33,34)30(16-19-8-4-3-5-9-19)22-11-7-6-10-21(22)24(32)27-25-28-29-26(37-25)36-17-23(31)35-2/h3-15H,16-17H2,1-2H3,(H,27,28,32). The second kappa shape index (κ2) is 12.2. The van der Waals surface area contributed by atoms with Crippen molar-refractivity contribution in [1.29, 1.82) is 0 Å². The van der Waals surface area contributed by atoms with Crippen molar-refractivity contribution in [2.24, 2.45) is 0 Å². The Morgan fingerprint density at radius 3 is 2.37 bits per heavy atom. The molecular formula is C26H24N4O5S3. The van der Waals surface area contributed by atoms with Gasteiger partial charge in [0.2, 0.25) is 5.13 Å². The minimum atomic E-state index is -4.03. The summed E-state index contributed by atoms with van der Waals surface area (Å²) in [6.45, 7) is 1.90. The summed E-state index contributed by atoms with van der Waals surface area (Å²) in [6.07, 6.45) is 0. The van der Waals surface area contributed by atoms with E-state index in [0.29, 0.717) is 4.34 Å². The molecule has 4 aromatic rings. The van der Waals surface area contributed by atoms with E-state index < -0.39 is 21.9 Å². The molecule has 4 rings (SSSR count). The van der Waals surface area contributed by atoms with Crippen LogP contribution in [0.2, 0.25) is 0 Å². The molecule has 1 amide bonds. The van der Waals surface area contributed by atoms with Gasteiger partial charge in [0.25, 0.3) is 15.9 Å². The molecular weight excluding hydrogens is 545 g/mol. The zero-order chi connectivity index (χ0) is 27.1. The van der Waals surface area contributed by atoms with Crippen molar-refractivity contribution in [2.75, 3.05) is 22.5 Å². The number of para-hydroxylation sites is 1. The summed E-state index contributed by atoms with van der Waals surface area (Å²) in [6, 6.07) is 22.2. The summed E-state index contributed by atoms with van der Waals surface area (Å²) in [5.41, 5.74) is 2.06. The number of benzene rings is 3. The lowest BCUT2D eigenvalue weighted by atomic mass is 10.1. The molecule has 0 bridgehead atoms. The molecule has 9 nitrogen and oxygen atoms in total. The van der Waals surface area contributed by atoms with Crippen LogP contribution in [0.5, 0.6) is 0 Å². The van der Waals surface area contributed by atoms with Crippen LogP contribution in [0.15, 0.2) is 88.1 Å². The Labute approximate surface area is 228 Å². The topological polar surface area (TPSA) is 119 Å². The number of nitrogens with zero attached hydrogens (tertiary/aromatic N) is 3. The van der Waals surface area contributed by atoms with Crippen LogP contribution < -0.4 is 9.62 Å². The first-order valence-electron chi connectivity index (χ1n) is 11.3. The normalized spacial score (nSPS) is 11.1. The summed E-state index contributed by atoms with van der Waals surface area (Å²) in [5.74, 6) is -0.885. The van der Waals surface area contributed by atoms with Crippen molar-refractivity contribution in [3.05, 3.63) is 95.6 Å². The highest BCUT2D eigenvalue weighted by atomic mass is 32.2. The fourth-order valence-corrected chi connectivity index (χ4v) is 6.48. The van der Waals surface area contributed by atoms with Gasteiger partial charge in [0, 0.05) is 0 Å². The predicted molar refractivity (Wildman–Crippen MR) is 148 cm³/mol. The van der Waals surface area contributed by atoms with Gasteiger partial charge in [0.1, 0.15) is 0 Å². The number of carbonyl (C=O) groups is 2. The number of rotatable bonds is 10. The van der Waals surface area contributed by atoms with Gasteiger partial charge in [-0.1, -0.05) is 83.3 Å². The van der Waals surface area contributed by atoms with Crippen LogP contribution in [0.1, 0.15) is 21.5 Å². The number of thioether (sulfide) groups is 1. The number of hydrogen-bond acceptors (Lipinski definition) is 9. The van der Waals surface area contributed by atoms with Gasteiger partial charge < -0.3 is 4.74 Å². The maximum atomic E-state index is 13.9. The first kappa shape index (κ1) is 27.3. The highest BCUT2D eigenvalue weighted by Crippen LogP contribution is 2.31. The van der Waals surface area contributed by atoms with E-state index in [4.69, 9.17) is 0 Å². The molecule has 12 heteroatoms. The molecule has 0 spiro atoms. The molecule has 0 radical (unpaired) electrons. The minimum Gasteiger partial charge on any atom is -0.468 e. The first-order chi connectivity index (χ1) is 18.3. The largest absolute Gasteiger partial charge is 0.468 e. The molecule has 1 heterocycles. The highest BCUT2D eigenvalue weighted by molar-refractivity contribution is 8.01. The molecule has 0 aliphatic rings. The third-order valence-corrected chi connectivity index (χ3v) is 9.08. The van der Waals surface area contributed by atoms with Crippen molar-refractivity contribution in [3.8, 4) is 0 Å². The van der Waals surface area contributed by atoms with E-state index in [1.807, 2.05) is 37.3 Å². The molecule has 0 atom stereocenters. The first-order valence-corrected chi connectivity index (χ1v) is 14.6. The zero-order valence-electron chi connectivity index (χ0n) is 20.5. The van der Waals surface area contributed by atoms with Crippen LogP contribution in [-0.2, 0) is 26.1 Å². The second-order valence-corrected chi connectivity index (χ2v) is 12.1. The number of carbonyl (C=O) groups excluding carboxylic acids is 2. The number of aryl methyl sites for hydroxylation is 1. The summed E-state index contributed by atoms with van der Waals surface area (Å²) in [7, 11) is -2.73. The number of amides is 1. The summed E-state index contributed by atoms with van der Waals surface area (Å²) >= 11 is 2.24. The number of ether oxygens (including phenoxy) is 1. The van der Waals surface area contributed by atoms with Gasteiger partial charge in [-0.2, -0.15) is 0 Å². The van der Waals surface area contributed by atoms with E-state index in [-0.39, 0.29) is 33.6 Å². The van der Waals surface area contributed by atoms with Gasteiger partial charge >= 0.3 is 5.97 Å². The Bertz CT molecular complexity index is 1520. The SMILES string of the molecule is COC(=O)CSc1nnc(NC(=O)c2ccccc2N(Cc2ccccc2)S(=O)(=O)c2ccc(C)cc2)s1. The highest BCUT2D eigenvalue weighted by Gasteiger charge is 2.29. The number of sulfonamides is 1. The summed E-state index contributed by atoms with van der Waals surface area (Å²) in [4.78, 5) is 24.8. The number of anilines is 2. The number of hydrogen-bond donors (Lipinski definition) is 1. The quantitative estimate of drug-likeness (QED) is 0.165. The smallest absolute Gasteiger partial charge is 0.316 e. The molecule has 0 fully saturated rings.